The quantitative estimate of drug-likeness (QED) is 0.481. The lowest BCUT2D eigenvalue weighted by molar-refractivity contribution is 0.719. The zero-order chi connectivity index (χ0) is 10.1. The fraction of sp³-hybridized carbons (Fsp3) is 0.846. The third kappa shape index (κ3) is 5.13. The van der Waals surface area contributed by atoms with Crippen LogP contribution < -0.4 is 0 Å². The second kappa shape index (κ2) is 8.34. The molecule has 0 atom stereocenters. The van der Waals surface area contributed by atoms with Crippen LogP contribution in [0.25, 0.3) is 0 Å². The molecule has 0 heterocycles. The maximum atomic E-state index is 2.29. The molecule has 0 unspecified atom stereocenters. The van der Waals surface area contributed by atoms with Crippen LogP contribution in [-0.4, -0.2) is 0 Å². The van der Waals surface area contributed by atoms with Crippen molar-refractivity contribution in [1.29, 1.82) is 0 Å². The van der Waals surface area contributed by atoms with Gasteiger partial charge in [0.05, 0.1) is 0 Å². The Morgan fingerprint density at radius 3 is 1.69 bits per heavy atom. The second-order valence-electron chi connectivity index (χ2n) is 3.77. The zero-order valence-corrected chi connectivity index (χ0v) is 9.95. The van der Waals surface area contributed by atoms with Crippen LogP contribution in [0.3, 0.4) is 0 Å². The summed E-state index contributed by atoms with van der Waals surface area (Å²) < 4.78 is 0. The van der Waals surface area contributed by atoms with Crippen molar-refractivity contribution in [3.8, 4) is 0 Å². The number of rotatable bonds is 7. The predicted molar refractivity (Wildman–Crippen MR) is 62.0 cm³/mol. The van der Waals surface area contributed by atoms with Crippen molar-refractivity contribution < 1.29 is 0 Å². The molecule has 13 heavy (non-hydrogen) atoms. The molecule has 78 valence electrons. The summed E-state index contributed by atoms with van der Waals surface area (Å²) in [6.07, 6.45) is 9.21. The Balaban J connectivity index is 4.24. The van der Waals surface area contributed by atoms with Crippen molar-refractivity contribution in [1.82, 2.24) is 0 Å². The van der Waals surface area contributed by atoms with E-state index in [0.717, 1.165) is 0 Å². The van der Waals surface area contributed by atoms with Crippen LogP contribution in [0.15, 0.2) is 11.1 Å². The van der Waals surface area contributed by atoms with E-state index in [2.05, 4.69) is 27.7 Å². The van der Waals surface area contributed by atoms with Crippen molar-refractivity contribution in [2.75, 3.05) is 0 Å². The van der Waals surface area contributed by atoms with E-state index in [0.29, 0.717) is 0 Å². The molecule has 0 fully saturated rings. The highest BCUT2D eigenvalue weighted by atomic mass is 14.1. The van der Waals surface area contributed by atoms with Gasteiger partial charge in [0.25, 0.3) is 0 Å². The molecule has 0 amide bonds. The van der Waals surface area contributed by atoms with Crippen LogP contribution in [0.1, 0.15) is 72.6 Å². The van der Waals surface area contributed by atoms with Crippen LogP contribution in [0.4, 0.5) is 0 Å². The molecular weight excluding hydrogens is 156 g/mol. The Hall–Kier alpha value is -0.260. The van der Waals surface area contributed by atoms with Crippen molar-refractivity contribution in [2.45, 2.75) is 72.6 Å². The van der Waals surface area contributed by atoms with Gasteiger partial charge in [-0.05, 0) is 32.1 Å². The Kier molecular flexibility index (Phi) is 8.18. The summed E-state index contributed by atoms with van der Waals surface area (Å²) in [7, 11) is 0. The molecule has 0 aliphatic carbocycles. The monoisotopic (exact) mass is 182 g/mol. The Bertz CT molecular complexity index is 136. The average molecular weight is 182 g/mol. The summed E-state index contributed by atoms with van der Waals surface area (Å²) in [5, 5.41) is 0. The summed E-state index contributed by atoms with van der Waals surface area (Å²) in [6.45, 7) is 9.15. The largest absolute Gasteiger partial charge is 0.0716 e. The maximum Gasteiger partial charge on any atom is -0.0318 e. The summed E-state index contributed by atoms with van der Waals surface area (Å²) in [5.74, 6) is 0. The van der Waals surface area contributed by atoms with Gasteiger partial charge in [-0.15, -0.1) is 0 Å². The van der Waals surface area contributed by atoms with Crippen LogP contribution in [0, 0.1) is 0 Å². The lowest BCUT2D eigenvalue weighted by atomic mass is 9.95. The molecule has 0 aromatic heterocycles. The van der Waals surface area contributed by atoms with E-state index >= 15 is 0 Å². The number of hydrogen-bond acceptors (Lipinski definition) is 0. The van der Waals surface area contributed by atoms with Gasteiger partial charge in [0.1, 0.15) is 0 Å². The number of hydrogen-bond donors (Lipinski definition) is 0. The minimum absolute atomic E-state index is 1.26. The molecule has 0 saturated carbocycles. The second-order valence-corrected chi connectivity index (χ2v) is 3.77. The lowest BCUT2D eigenvalue weighted by Crippen LogP contribution is -1.91. The van der Waals surface area contributed by atoms with E-state index < -0.39 is 0 Å². The smallest absolute Gasteiger partial charge is 0.0318 e. The first kappa shape index (κ1) is 12.7. The van der Waals surface area contributed by atoms with Gasteiger partial charge < -0.3 is 0 Å². The Morgan fingerprint density at radius 1 is 0.692 bits per heavy atom. The van der Waals surface area contributed by atoms with E-state index in [1.54, 1.807) is 11.1 Å². The van der Waals surface area contributed by atoms with E-state index in [-0.39, 0.29) is 0 Å². The van der Waals surface area contributed by atoms with Gasteiger partial charge in [0, 0.05) is 0 Å². The van der Waals surface area contributed by atoms with E-state index in [9.17, 15) is 0 Å². The highest BCUT2D eigenvalue weighted by Crippen LogP contribution is 2.22. The summed E-state index contributed by atoms with van der Waals surface area (Å²) in [4.78, 5) is 0. The molecular formula is C13H26. The topological polar surface area (TPSA) is 0 Å². The highest BCUT2D eigenvalue weighted by Gasteiger charge is 2.02. The van der Waals surface area contributed by atoms with E-state index in [1.165, 1.54) is 44.9 Å². The molecule has 0 N–H and O–H groups in total. The molecule has 0 bridgehead atoms. The molecule has 0 rings (SSSR count). The molecule has 0 spiro atoms. The zero-order valence-electron chi connectivity index (χ0n) is 9.95. The molecule has 0 aliphatic heterocycles. The third-order valence-corrected chi connectivity index (χ3v) is 2.74. The van der Waals surface area contributed by atoms with Gasteiger partial charge in [-0.25, -0.2) is 0 Å². The average Bonchev–Trinajstić information content (AvgIpc) is 2.16. The molecule has 0 aromatic rings. The highest BCUT2D eigenvalue weighted by molar-refractivity contribution is 5.13. The van der Waals surface area contributed by atoms with E-state index in [4.69, 9.17) is 0 Å². The van der Waals surface area contributed by atoms with E-state index in [1.807, 2.05) is 0 Å². The molecule has 0 nitrogen and oxygen atoms in total. The maximum absolute atomic E-state index is 2.29. The lowest BCUT2D eigenvalue weighted by Gasteiger charge is -2.11. The molecule has 0 aromatic carbocycles. The first-order valence-electron chi connectivity index (χ1n) is 5.99. The number of unbranched alkanes of at least 4 members (excludes halogenated alkanes) is 1. The van der Waals surface area contributed by atoms with Gasteiger partial charge in [0.15, 0.2) is 0 Å². The molecule has 0 radical (unpaired) electrons. The third-order valence-electron chi connectivity index (χ3n) is 2.74. The standard InChI is InChI=1S/C13H26/c1-5-9-11-13(10-6-2)12(7-3)8-4/h5-11H2,1-4H3. The predicted octanol–water partition coefficient (Wildman–Crippen LogP) is 5.09. The molecule has 0 saturated heterocycles. The van der Waals surface area contributed by atoms with Crippen LogP contribution in [0.2, 0.25) is 0 Å². The Morgan fingerprint density at radius 2 is 1.31 bits per heavy atom. The van der Waals surface area contributed by atoms with Crippen molar-refractivity contribution in [3.63, 3.8) is 0 Å². The van der Waals surface area contributed by atoms with Gasteiger partial charge in [0.2, 0.25) is 0 Å². The van der Waals surface area contributed by atoms with Crippen molar-refractivity contribution >= 4 is 0 Å². The van der Waals surface area contributed by atoms with Crippen LogP contribution in [-0.2, 0) is 0 Å². The minimum Gasteiger partial charge on any atom is -0.0716 e. The summed E-state index contributed by atoms with van der Waals surface area (Å²) >= 11 is 0. The first-order chi connectivity index (χ1) is 6.29. The van der Waals surface area contributed by atoms with Gasteiger partial charge in [-0.1, -0.05) is 51.7 Å². The summed E-state index contributed by atoms with van der Waals surface area (Å²) in [6, 6.07) is 0. The fourth-order valence-corrected chi connectivity index (χ4v) is 1.92. The SMILES string of the molecule is CCCCC(CCC)=C(CC)CC. The van der Waals surface area contributed by atoms with Gasteiger partial charge >= 0.3 is 0 Å². The summed E-state index contributed by atoms with van der Waals surface area (Å²) in [5.41, 5.74) is 3.48. The minimum atomic E-state index is 1.26. The Labute approximate surface area is 84.4 Å². The van der Waals surface area contributed by atoms with Crippen molar-refractivity contribution in [3.05, 3.63) is 11.1 Å². The first-order valence-corrected chi connectivity index (χ1v) is 5.99. The van der Waals surface area contributed by atoms with Crippen LogP contribution >= 0.6 is 0 Å². The van der Waals surface area contributed by atoms with Gasteiger partial charge in [-0.3, -0.25) is 0 Å². The van der Waals surface area contributed by atoms with Crippen LogP contribution in [0.5, 0.6) is 0 Å². The van der Waals surface area contributed by atoms with Crippen molar-refractivity contribution in [2.24, 2.45) is 0 Å². The van der Waals surface area contributed by atoms with Gasteiger partial charge in [-0.2, -0.15) is 0 Å². The molecule has 0 heteroatoms. The number of allylic oxidation sites excluding steroid dienone is 2. The fourth-order valence-electron chi connectivity index (χ4n) is 1.92. The normalized spacial score (nSPS) is 10.2. The molecule has 0 aliphatic rings.